The Kier molecular flexibility index (Phi) is 10.9. The third kappa shape index (κ3) is 8.50. The third-order valence-corrected chi connectivity index (χ3v) is 8.03. The molecule has 0 aliphatic rings. The molecule has 0 saturated carbocycles. The summed E-state index contributed by atoms with van der Waals surface area (Å²) in [6, 6.07) is 21.6. The van der Waals surface area contributed by atoms with Gasteiger partial charge in [-0.05, 0) is 54.3 Å². The molecule has 14 heteroatoms. The van der Waals surface area contributed by atoms with E-state index in [-0.39, 0.29) is 29.7 Å². The molecule has 4 aromatic heterocycles. The monoisotopic (exact) mass is 722 g/mol. The molecule has 2 aromatic carbocycles. The molecule has 0 bridgehead atoms. The van der Waals surface area contributed by atoms with Crippen LogP contribution in [0.15, 0.2) is 91.3 Å². The predicted molar refractivity (Wildman–Crippen MR) is 182 cm³/mol. The second-order valence-corrected chi connectivity index (χ2v) is 11.7. The van der Waals surface area contributed by atoms with E-state index >= 15 is 0 Å². The molecule has 270 valence electrons. The Bertz CT molecular complexity index is 2250. The molecule has 6 rings (SSSR count). The van der Waals surface area contributed by atoms with Crippen molar-refractivity contribution >= 4 is 29.0 Å². The summed E-state index contributed by atoms with van der Waals surface area (Å²) < 4.78 is 91.4. The van der Waals surface area contributed by atoms with Crippen molar-refractivity contribution in [2.45, 2.75) is 39.0 Å². The van der Waals surface area contributed by atoms with Crippen molar-refractivity contribution in [2.24, 2.45) is 0 Å². The van der Waals surface area contributed by atoms with Crippen LogP contribution >= 0.6 is 0 Å². The van der Waals surface area contributed by atoms with Gasteiger partial charge < -0.3 is 9.47 Å². The number of ether oxygens (including phenoxy) is 2. The standard InChI is InChI=1S/C19H17F3N2O2.C19H15F3N2O2/c2*1-12-3-5-13(6-4-12)14-7-9-16-15(8-10-17(25)26-2)23-18(19(20,21)22)24(16)11-14/h3-7,9,11H,8,10H2,1-2H3;3-11H,1-2H3/b;10-8+. The normalized spacial score (nSPS) is 11.9. The number of benzene rings is 2. The second-order valence-electron chi connectivity index (χ2n) is 11.7. The summed E-state index contributed by atoms with van der Waals surface area (Å²) in [7, 11) is 2.43. The lowest BCUT2D eigenvalue weighted by molar-refractivity contribution is -0.146. The Morgan fingerprint density at radius 3 is 1.60 bits per heavy atom. The van der Waals surface area contributed by atoms with Gasteiger partial charge in [0, 0.05) is 24.9 Å². The number of rotatable bonds is 7. The molecule has 0 aliphatic heterocycles. The molecule has 8 nitrogen and oxygen atoms in total. The van der Waals surface area contributed by atoms with Crippen molar-refractivity contribution in [2.75, 3.05) is 14.2 Å². The van der Waals surface area contributed by atoms with Gasteiger partial charge in [-0.15, -0.1) is 0 Å². The van der Waals surface area contributed by atoms with E-state index in [0.29, 0.717) is 16.6 Å². The SMILES string of the molecule is COC(=O)/C=C/c1nc(C(F)(F)F)n2cc(-c3ccc(C)cc3)ccc12.COC(=O)CCc1nc(C(F)(F)F)n2cc(-c3ccc(C)cc3)ccc12. The molecule has 0 atom stereocenters. The number of methoxy groups -OCH3 is 2. The number of alkyl halides is 6. The molecule has 4 heterocycles. The van der Waals surface area contributed by atoms with E-state index < -0.39 is 35.9 Å². The zero-order chi connectivity index (χ0) is 37.8. The van der Waals surface area contributed by atoms with Crippen LogP contribution in [0.25, 0.3) is 39.4 Å². The number of nitrogens with zero attached hydrogens (tertiary/aromatic N) is 4. The maximum atomic E-state index is 13.4. The predicted octanol–water partition coefficient (Wildman–Crippen LogP) is 8.95. The van der Waals surface area contributed by atoms with Crippen LogP contribution in [0.5, 0.6) is 0 Å². The second kappa shape index (κ2) is 15.1. The van der Waals surface area contributed by atoms with Crippen LogP contribution in [0, 0.1) is 13.8 Å². The summed E-state index contributed by atoms with van der Waals surface area (Å²) in [5.74, 6) is -3.21. The molecule has 0 saturated heterocycles. The summed E-state index contributed by atoms with van der Waals surface area (Å²) >= 11 is 0. The van der Waals surface area contributed by atoms with Gasteiger partial charge in [0.05, 0.1) is 43.1 Å². The van der Waals surface area contributed by atoms with Crippen LogP contribution in [0.2, 0.25) is 0 Å². The third-order valence-electron chi connectivity index (χ3n) is 8.03. The molecule has 52 heavy (non-hydrogen) atoms. The van der Waals surface area contributed by atoms with Gasteiger partial charge in [0.25, 0.3) is 0 Å². The lowest BCUT2D eigenvalue weighted by Gasteiger charge is -2.08. The van der Waals surface area contributed by atoms with Crippen LogP contribution in [-0.2, 0) is 37.8 Å². The highest BCUT2D eigenvalue weighted by Crippen LogP contribution is 2.34. The molecular weight excluding hydrogens is 690 g/mol. The maximum absolute atomic E-state index is 13.4. The molecule has 0 spiro atoms. The molecule has 0 unspecified atom stereocenters. The first-order valence-corrected chi connectivity index (χ1v) is 15.7. The Balaban J connectivity index is 0.000000201. The van der Waals surface area contributed by atoms with Gasteiger partial charge in [-0.2, -0.15) is 26.3 Å². The Morgan fingerprint density at radius 2 is 1.12 bits per heavy atom. The first-order valence-electron chi connectivity index (χ1n) is 15.7. The fourth-order valence-electron chi connectivity index (χ4n) is 5.34. The zero-order valence-electron chi connectivity index (χ0n) is 28.3. The average molecular weight is 723 g/mol. The average Bonchev–Trinajstić information content (AvgIpc) is 3.68. The number of esters is 2. The topological polar surface area (TPSA) is 87.2 Å². The van der Waals surface area contributed by atoms with Gasteiger partial charge in [0.15, 0.2) is 0 Å². The number of carbonyl (C=O) groups excluding carboxylic acids is 2. The number of hydrogen-bond donors (Lipinski definition) is 0. The first-order chi connectivity index (χ1) is 24.6. The molecule has 0 N–H and O–H groups in total. The highest BCUT2D eigenvalue weighted by atomic mass is 19.4. The van der Waals surface area contributed by atoms with E-state index in [1.54, 1.807) is 24.3 Å². The van der Waals surface area contributed by atoms with Crippen LogP contribution in [0.3, 0.4) is 0 Å². The summed E-state index contributed by atoms with van der Waals surface area (Å²) in [6.45, 7) is 3.88. The fraction of sp³-hybridized carbons (Fsp3) is 0.211. The van der Waals surface area contributed by atoms with Crippen LogP contribution in [-0.4, -0.2) is 44.9 Å². The Hall–Kier alpha value is -5.92. The molecular formula is C38H32F6N4O4. The quantitative estimate of drug-likeness (QED) is 0.0930. The maximum Gasteiger partial charge on any atom is 0.450 e. The van der Waals surface area contributed by atoms with Crippen molar-refractivity contribution in [3.8, 4) is 22.3 Å². The Morgan fingerprint density at radius 1 is 0.654 bits per heavy atom. The van der Waals surface area contributed by atoms with Crippen LogP contribution < -0.4 is 0 Å². The number of pyridine rings is 2. The van der Waals surface area contributed by atoms with Gasteiger partial charge in [-0.1, -0.05) is 71.8 Å². The van der Waals surface area contributed by atoms with Crippen LogP contribution in [0.1, 0.15) is 40.6 Å². The summed E-state index contributed by atoms with van der Waals surface area (Å²) in [5.41, 5.74) is 5.86. The van der Waals surface area contributed by atoms with Gasteiger partial charge in [-0.25, -0.2) is 14.8 Å². The largest absolute Gasteiger partial charge is 0.469 e. The van der Waals surface area contributed by atoms with Gasteiger partial charge in [0.2, 0.25) is 11.6 Å². The summed E-state index contributed by atoms with van der Waals surface area (Å²) in [6.07, 6.45) is -4.11. The van der Waals surface area contributed by atoms with E-state index in [1.165, 1.54) is 32.7 Å². The van der Waals surface area contributed by atoms with Gasteiger partial charge in [0.1, 0.15) is 0 Å². The highest BCUT2D eigenvalue weighted by Gasteiger charge is 2.38. The number of fused-ring (bicyclic) bond motifs is 2. The molecule has 0 amide bonds. The number of hydrogen-bond acceptors (Lipinski definition) is 6. The summed E-state index contributed by atoms with van der Waals surface area (Å²) in [5, 5.41) is 0. The van der Waals surface area contributed by atoms with Crippen molar-refractivity contribution < 1.29 is 45.4 Å². The molecule has 0 fully saturated rings. The van der Waals surface area contributed by atoms with E-state index in [2.05, 4.69) is 19.4 Å². The number of imidazole rings is 2. The molecule has 0 radical (unpaired) electrons. The lowest BCUT2D eigenvalue weighted by atomic mass is 10.1. The fourth-order valence-corrected chi connectivity index (χ4v) is 5.34. The van der Waals surface area contributed by atoms with Gasteiger partial charge in [-0.3, -0.25) is 13.6 Å². The highest BCUT2D eigenvalue weighted by molar-refractivity contribution is 5.88. The van der Waals surface area contributed by atoms with Crippen molar-refractivity contribution in [1.29, 1.82) is 0 Å². The number of aryl methyl sites for hydroxylation is 3. The minimum atomic E-state index is -4.63. The van der Waals surface area contributed by atoms with Crippen LogP contribution in [0.4, 0.5) is 26.3 Å². The first kappa shape index (κ1) is 37.3. The zero-order valence-corrected chi connectivity index (χ0v) is 28.3. The minimum absolute atomic E-state index is 0.0276. The van der Waals surface area contributed by atoms with E-state index in [4.69, 9.17) is 0 Å². The van der Waals surface area contributed by atoms with Crippen molar-refractivity contribution in [1.82, 2.24) is 18.8 Å². The van der Waals surface area contributed by atoms with E-state index in [1.807, 2.05) is 62.4 Å². The van der Waals surface area contributed by atoms with E-state index in [0.717, 1.165) is 37.1 Å². The van der Waals surface area contributed by atoms with Crippen molar-refractivity contribution in [3.63, 3.8) is 0 Å². The van der Waals surface area contributed by atoms with Crippen molar-refractivity contribution in [3.05, 3.63) is 125 Å². The van der Waals surface area contributed by atoms with Gasteiger partial charge >= 0.3 is 24.3 Å². The van der Waals surface area contributed by atoms with E-state index in [9.17, 15) is 35.9 Å². The lowest BCUT2D eigenvalue weighted by Crippen LogP contribution is -2.10. The minimum Gasteiger partial charge on any atom is -0.469 e. The Labute approximate surface area is 294 Å². The number of halogens is 6. The summed E-state index contributed by atoms with van der Waals surface area (Å²) in [4.78, 5) is 29.9. The smallest absolute Gasteiger partial charge is 0.450 e. The molecule has 6 aromatic rings. The number of carbonyl (C=O) groups is 2. The number of aromatic nitrogens is 4. The molecule has 0 aliphatic carbocycles.